The third kappa shape index (κ3) is 7.18. The number of aliphatic hydroxyl groups is 6. The number of ether oxygens (including phenoxy) is 3. The summed E-state index contributed by atoms with van der Waals surface area (Å²) in [6.45, 7) is 5.94. The van der Waals surface area contributed by atoms with Crippen LogP contribution in [0.25, 0.3) is 0 Å². The van der Waals surface area contributed by atoms with E-state index in [1.165, 1.54) is 0 Å². The Bertz CT molecular complexity index is 980. The topological polar surface area (TPSA) is 190 Å². The van der Waals surface area contributed by atoms with E-state index in [1.54, 1.807) is 0 Å². The molecule has 37 heavy (non-hydrogen) atoms. The zero-order chi connectivity index (χ0) is 27.1. The number of nitrogens with one attached hydrogen (secondary N) is 2. The van der Waals surface area contributed by atoms with Crippen molar-refractivity contribution < 1.29 is 44.8 Å². The van der Waals surface area contributed by atoms with E-state index in [0.29, 0.717) is 25.3 Å². The van der Waals surface area contributed by atoms with Crippen molar-refractivity contribution in [3.05, 3.63) is 40.6 Å². The summed E-state index contributed by atoms with van der Waals surface area (Å²) in [4.78, 5) is 0. The monoisotopic (exact) mass is 525 g/mol. The van der Waals surface area contributed by atoms with Crippen molar-refractivity contribution in [3.63, 3.8) is 0 Å². The Morgan fingerprint density at radius 3 is 2.43 bits per heavy atom. The molecule has 12 nitrogen and oxygen atoms in total. The van der Waals surface area contributed by atoms with Crippen LogP contribution in [-0.4, -0.2) is 111 Å². The van der Waals surface area contributed by atoms with E-state index in [9.17, 15) is 20.4 Å². The Hall–Kier alpha value is -2.29. The molecule has 1 aliphatic rings. The average Bonchev–Trinajstić information content (AvgIpc) is 3.28. The van der Waals surface area contributed by atoms with E-state index in [-0.39, 0.29) is 31.1 Å². The number of aromatic nitrogens is 2. The molecule has 2 heterocycles. The van der Waals surface area contributed by atoms with Crippen molar-refractivity contribution >= 4 is 0 Å². The van der Waals surface area contributed by atoms with Crippen molar-refractivity contribution in [1.29, 1.82) is 0 Å². The molecule has 0 spiro atoms. The predicted octanol–water partition coefficient (Wildman–Crippen LogP) is -1.07. The van der Waals surface area contributed by atoms with Crippen molar-refractivity contribution in [3.8, 4) is 11.6 Å². The van der Waals surface area contributed by atoms with E-state index < -0.39 is 37.3 Å². The molecule has 0 radical (unpaired) electrons. The highest BCUT2D eigenvalue weighted by Crippen LogP contribution is 2.32. The van der Waals surface area contributed by atoms with Gasteiger partial charge < -0.3 is 50.2 Å². The molecule has 8 N–H and O–H groups in total. The lowest BCUT2D eigenvalue weighted by Gasteiger charge is -2.39. The first-order valence-electron chi connectivity index (χ1n) is 12.4. The standard InChI is InChI=1S/C25H39N3O9/c1-13(2)20-18(24(28-27-20)37-25-23(34)22(33)21(32)19(12-31)36-25)9-15-4-5-17(8-14(15)3)35-7-6-26-16(10-29)11-30/h4-5,8,13,16,19,21-23,25-26,29-34H,6-7,9-12H2,1-3H3,(H,27,28)/t19-,21-,22+,23-,25?/m1/s1. The lowest BCUT2D eigenvalue weighted by molar-refractivity contribution is -0.278. The average molecular weight is 526 g/mol. The van der Waals surface area contributed by atoms with Crippen LogP contribution in [0.1, 0.15) is 42.1 Å². The van der Waals surface area contributed by atoms with Gasteiger partial charge in [0, 0.05) is 24.2 Å². The zero-order valence-corrected chi connectivity index (χ0v) is 21.4. The molecule has 0 amide bonds. The Morgan fingerprint density at radius 1 is 1.08 bits per heavy atom. The van der Waals surface area contributed by atoms with Gasteiger partial charge in [0.25, 0.3) is 0 Å². The van der Waals surface area contributed by atoms with Gasteiger partial charge in [-0.25, -0.2) is 0 Å². The Balaban J connectivity index is 1.72. The molecular formula is C25H39N3O9. The molecule has 3 rings (SSSR count). The van der Waals surface area contributed by atoms with Crippen LogP contribution in [0.15, 0.2) is 18.2 Å². The highest BCUT2D eigenvalue weighted by molar-refractivity contribution is 5.42. The van der Waals surface area contributed by atoms with Gasteiger partial charge in [-0.2, -0.15) is 0 Å². The highest BCUT2D eigenvalue weighted by Gasteiger charge is 2.45. The molecule has 1 fully saturated rings. The van der Waals surface area contributed by atoms with E-state index in [2.05, 4.69) is 15.5 Å². The van der Waals surface area contributed by atoms with Crippen molar-refractivity contribution in [1.82, 2.24) is 15.5 Å². The molecule has 1 aromatic heterocycles. The number of benzene rings is 1. The quantitative estimate of drug-likeness (QED) is 0.149. The minimum Gasteiger partial charge on any atom is -0.492 e. The van der Waals surface area contributed by atoms with Gasteiger partial charge in [0.1, 0.15) is 36.8 Å². The Labute approximate surface area is 215 Å². The molecule has 2 aromatic rings. The summed E-state index contributed by atoms with van der Waals surface area (Å²) in [7, 11) is 0. The number of rotatable bonds is 13. The first-order chi connectivity index (χ1) is 17.7. The third-order valence-electron chi connectivity index (χ3n) is 6.44. The number of aromatic amines is 1. The van der Waals surface area contributed by atoms with Crippen LogP contribution in [0.2, 0.25) is 0 Å². The maximum Gasteiger partial charge on any atom is 0.238 e. The maximum absolute atomic E-state index is 10.4. The summed E-state index contributed by atoms with van der Waals surface area (Å²) < 4.78 is 17.1. The molecule has 0 aliphatic carbocycles. The second kappa shape index (κ2) is 13.5. The van der Waals surface area contributed by atoms with Crippen molar-refractivity contribution in [2.75, 3.05) is 33.0 Å². The fourth-order valence-corrected chi connectivity index (χ4v) is 4.15. The Morgan fingerprint density at radius 2 is 1.81 bits per heavy atom. The number of aryl methyl sites for hydroxylation is 1. The molecule has 0 saturated carbocycles. The summed E-state index contributed by atoms with van der Waals surface area (Å²) in [5.41, 5.74) is 3.57. The normalized spacial score (nSPS) is 24.1. The molecule has 1 saturated heterocycles. The van der Waals surface area contributed by atoms with Crippen LogP contribution in [0.3, 0.4) is 0 Å². The summed E-state index contributed by atoms with van der Waals surface area (Å²) in [6.07, 6.45) is -6.53. The number of hydrogen-bond acceptors (Lipinski definition) is 11. The van der Waals surface area contributed by atoms with Gasteiger partial charge >= 0.3 is 0 Å². The smallest absolute Gasteiger partial charge is 0.238 e. The number of H-pyrrole nitrogens is 1. The molecule has 208 valence electrons. The number of nitrogens with zero attached hydrogens (tertiary/aromatic N) is 1. The van der Waals surface area contributed by atoms with Crippen LogP contribution in [0.4, 0.5) is 0 Å². The van der Waals surface area contributed by atoms with Gasteiger partial charge in [-0.15, -0.1) is 5.10 Å². The van der Waals surface area contributed by atoms with Crippen LogP contribution in [-0.2, 0) is 11.2 Å². The van der Waals surface area contributed by atoms with E-state index in [4.69, 9.17) is 24.4 Å². The van der Waals surface area contributed by atoms with Gasteiger partial charge in [0.15, 0.2) is 0 Å². The van der Waals surface area contributed by atoms with E-state index >= 15 is 0 Å². The van der Waals surface area contributed by atoms with Gasteiger partial charge in [0.2, 0.25) is 12.2 Å². The lowest BCUT2D eigenvalue weighted by atomic mass is 9.96. The Kier molecular flexibility index (Phi) is 10.7. The minimum absolute atomic E-state index is 0.0896. The summed E-state index contributed by atoms with van der Waals surface area (Å²) >= 11 is 0. The largest absolute Gasteiger partial charge is 0.492 e. The van der Waals surface area contributed by atoms with E-state index in [0.717, 1.165) is 22.4 Å². The first kappa shape index (κ1) is 29.3. The first-order valence-corrected chi connectivity index (χ1v) is 12.4. The molecule has 1 aliphatic heterocycles. The molecule has 12 heteroatoms. The third-order valence-corrected chi connectivity index (χ3v) is 6.44. The van der Waals surface area contributed by atoms with Crippen LogP contribution in [0.5, 0.6) is 11.6 Å². The summed E-state index contributed by atoms with van der Waals surface area (Å²) in [5.74, 6) is 0.967. The highest BCUT2D eigenvalue weighted by atomic mass is 16.7. The lowest BCUT2D eigenvalue weighted by Crippen LogP contribution is -2.60. The summed E-state index contributed by atoms with van der Waals surface area (Å²) in [5, 5.41) is 68.4. The van der Waals surface area contributed by atoms with Crippen LogP contribution < -0.4 is 14.8 Å². The minimum atomic E-state index is -1.55. The van der Waals surface area contributed by atoms with Gasteiger partial charge in [-0.1, -0.05) is 19.9 Å². The van der Waals surface area contributed by atoms with Crippen LogP contribution >= 0.6 is 0 Å². The predicted molar refractivity (Wildman–Crippen MR) is 133 cm³/mol. The van der Waals surface area contributed by atoms with Gasteiger partial charge in [-0.05, 0) is 36.1 Å². The SMILES string of the molecule is Cc1cc(OCCNC(CO)CO)ccc1Cc1c(OC2O[C@H](CO)[C@@H](O)[C@H](O)[C@H]2O)n[nH]c1C(C)C. The summed E-state index contributed by atoms with van der Waals surface area (Å²) in [6, 6.07) is 5.33. The van der Waals surface area contributed by atoms with Crippen LogP contribution in [0, 0.1) is 6.92 Å². The molecule has 0 bridgehead atoms. The van der Waals surface area contributed by atoms with Crippen molar-refractivity contribution in [2.45, 2.75) is 69.9 Å². The fourth-order valence-electron chi connectivity index (χ4n) is 4.15. The van der Waals surface area contributed by atoms with Crippen molar-refractivity contribution in [2.24, 2.45) is 0 Å². The van der Waals surface area contributed by atoms with E-state index in [1.807, 2.05) is 39.0 Å². The number of aliphatic hydroxyl groups excluding tert-OH is 6. The maximum atomic E-state index is 10.4. The fraction of sp³-hybridized carbons (Fsp3) is 0.640. The number of hydrogen-bond donors (Lipinski definition) is 8. The second-order valence-corrected chi connectivity index (χ2v) is 9.52. The zero-order valence-electron chi connectivity index (χ0n) is 21.4. The second-order valence-electron chi connectivity index (χ2n) is 9.52. The molecule has 5 atom stereocenters. The van der Waals surface area contributed by atoms with Gasteiger partial charge in [-0.3, -0.25) is 5.10 Å². The molecular weight excluding hydrogens is 486 g/mol. The molecule has 1 aromatic carbocycles. The van der Waals surface area contributed by atoms with Gasteiger partial charge in [0.05, 0.1) is 25.9 Å². The molecule has 1 unspecified atom stereocenters.